The first-order valence-corrected chi connectivity index (χ1v) is 5.18. The average molecular weight is 231 g/mol. The van der Waals surface area contributed by atoms with Crippen LogP contribution in [0.5, 0.6) is 0 Å². The molecule has 0 spiro atoms. The van der Waals surface area contributed by atoms with E-state index in [1.807, 2.05) is 13.8 Å². The first-order valence-electron chi connectivity index (χ1n) is 5.18. The number of methoxy groups -OCH3 is 1. The van der Waals surface area contributed by atoms with Crippen LogP contribution in [-0.4, -0.2) is 43.3 Å². The molecule has 0 saturated carbocycles. The van der Waals surface area contributed by atoms with Gasteiger partial charge < -0.3 is 20.7 Å². The second-order valence-corrected chi connectivity index (χ2v) is 4.05. The zero-order valence-electron chi connectivity index (χ0n) is 10.5. The van der Waals surface area contributed by atoms with Crippen molar-refractivity contribution in [3.8, 4) is 0 Å². The first kappa shape index (κ1) is 14.7. The molecule has 6 nitrogen and oxygen atoms in total. The predicted octanol–water partition coefficient (Wildman–Crippen LogP) is 0.130. The molecule has 2 unspecified atom stereocenters. The topological polar surface area (TPSA) is 84.7 Å². The first-order chi connectivity index (χ1) is 7.31. The highest BCUT2D eigenvalue weighted by atomic mass is 16.5. The van der Waals surface area contributed by atoms with Gasteiger partial charge in [-0.2, -0.15) is 0 Å². The molecule has 0 aromatic rings. The van der Waals surface area contributed by atoms with Crippen LogP contribution >= 0.6 is 0 Å². The highest BCUT2D eigenvalue weighted by Crippen LogP contribution is 2.06. The minimum atomic E-state index is -0.622. The van der Waals surface area contributed by atoms with Crippen molar-refractivity contribution < 1.29 is 14.3 Å². The van der Waals surface area contributed by atoms with Crippen molar-refractivity contribution in [1.29, 1.82) is 0 Å². The molecular formula is C10H21N3O3. The maximum Gasteiger partial charge on any atom is 0.407 e. The van der Waals surface area contributed by atoms with Crippen molar-refractivity contribution in [1.82, 2.24) is 10.2 Å². The van der Waals surface area contributed by atoms with Crippen molar-refractivity contribution >= 4 is 12.0 Å². The number of nitrogens with two attached hydrogens (primary N) is 1. The smallest absolute Gasteiger partial charge is 0.407 e. The monoisotopic (exact) mass is 231 g/mol. The van der Waals surface area contributed by atoms with E-state index in [2.05, 4.69) is 10.1 Å². The Morgan fingerprint density at radius 1 is 1.31 bits per heavy atom. The fourth-order valence-corrected chi connectivity index (χ4v) is 1.12. The van der Waals surface area contributed by atoms with Crippen LogP contribution in [-0.2, 0) is 9.53 Å². The Kier molecular flexibility index (Phi) is 5.81. The molecule has 0 radical (unpaired) electrons. The van der Waals surface area contributed by atoms with Crippen LogP contribution in [0.1, 0.15) is 20.8 Å². The zero-order chi connectivity index (χ0) is 12.9. The summed E-state index contributed by atoms with van der Waals surface area (Å²) in [4.78, 5) is 24.4. The second-order valence-electron chi connectivity index (χ2n) is 4.05. The molecule has 0 bridgehead atoms. The van der Waals surface area contributed by atoms with Crippen LogP contribution in [0.3, 0.4) is 0 Å². The maximum absolute atomic E-state index is 12.0. The van der Waals surface area contributed by atoms with Crippen LogP contribution < -0.4 is 11.1 Å². The summed E-state index contributed by atoms with van der Waals surface area (Å²) in [5, 5.41) is 2.49. The number of rotatable bonds is 4. The largest absolute Gasteiger partial charge is 0.453 e. The van der Waals surface area contributed by atoms with E-state index >= 15 is 0 Å². The van der Waals surface area contributed by atoms with Crippen molar-refractivity contribution in [2.75, 3.05) is 14.2 Å². The highest BCUT2D eigenvalue weighted by molar-refractivity contribution is 5.85. The fraction of sp³-hybridized carbons (Fsp3) is 0.800. The molecule has 0 rings (SSSR count). The lowest BCUT2D eigenvalue weighted by atomic mass is 10.0. The number of nitrogens with zero attached hydrogens (tertiary/aromatic N) is 1. The van der Waals surface area contributed by atoms with E-state index in [0.717, 1.165) is 0 Å². The Bertz CT molecular complexity index is 254. The molecule has 0 aromatic carbocycles. The molecule has 0 aromatic heterocycles. The van der Waals surface area contributed by atoms with Gasteiger partial charge in [0.2, 0.25) is 5.91 Å². The van der Waals surface area contributed by atoms with E-state index in [1.54, 1.807) is 14.0 Å². The summed E-state index contributed by atoms with van der Waals surface area (Å²) in [6.07, 6.45) is -1.02. The summed E-state index contributed by atoms with van der Waals surface area (Å²) in [5.41, 5.74) is 5.60. The third-order valence-corrected chi connectivity index (χ3v) is 2.35. The van der Waals surface area contributed by atoms with E-state index < -0.39 is 18.3 Å². The number of alkyl carbamates (subject to hydrolysis) is 1. The Balaban J connectivity index is 4.66. The van der Waals surface area contributed by atoms with Gasteiger partial charge in [-0.05, 0) is 12.8 Å². The molecule has 6 heteroatoms. The Hall–Kier alpha value is -1.30. The van der Waals surface area contributed by atoms with Crippen LogP contribution in [0, 0.1) is 5.92 Å². The van der Waals surface area contributed by atoms with E-state index in [0.29, 0.717) is 0 Å². The van der Waals surface area contributed by atoms with Gasteiger partial charge in [0.25, 0.3) is 0 Å². The van der Waals surface area contributed by atoms with Crippen LogP contribution in [0.15, 0.2) is 0 Å². The van der Waals surface area contributed by atoms with Gasteiger partial charge >= 0.3 is 6.09 Å². The highest BCUT2D eigenvalue weighted by Gasteiger charge is 2.28. The van der Waals surface area contributed by atoms with Gasteiger partial charge in [-0.25, -0.2) is 4.79 Å². The second kappa shape index (κ2) is 6.32. The lowest BCUT2D eigenvalue weighted by Crippen LogP contribution is -2.53. The fourth-order valence-electron chi connectivity index (χ4n) is 1.12. The molecule has 0 aliphatic rings. The van der Waals surface area contributed by atoms with Crippen LogP contribution in [0.4, 0.5) is 4.79 Å². The van der Waals surface area contributed by atoms with Gasteiger partial charge in [0.1, 0.15) is 6.04 Å². The standard InChI is InChI=1S/C10H21N3O3/c1-6(2)8(12-10(15)16-5)9(14)13(4)7(3)11/h6-8H,11H2,1-5H3,(H,12,15). The number of hydrogen-bond acceptors (Lipinski definition) is 4. The van der Waals surface area contributed by atoms with Crippen LogP contribution in [0.25, 0.3) is 0 Å². The summed E-state index contributed by atoms with van der Waals surface area (Å²) in [6, 6.07) is -0.622. The van der Waals surface area contributed by atoms with Gasteiger partial charge in [-0.3, -0.25) is 4.79 Å². The molecule has 3 N–H and O–H groups in total. The maximum atomic E-state index is 12.0. The number of nitrogens with one attached hydrogen (secondary N) is 1. The third-order valence-electron chi connectivity index (χ3n) is 2.35. The third kappa shape index (κ3) is 4.06. The summed E-state index contributed by atoms with van der Waals surface area (Å²) in [6.45, 7) is 5.38. The lowest BCUT2D eigenvalue weighted by molar-refractivity contribution is -0.134. The molecule has 94 valence electrons. The van der Waals surface area contributed by atoms with Gasteiger partial charge in [0.15, 0.2) is 0 Å². The summed E-state index contributed by atoms with van der Waals surface area (Å²) < 4.78 is 4.47. The number of amides is 2. The lowest BCUT2D eigenvalue weighted by Gasteiger charge is -2.28. The minimum absolute atomic E-state index is 0.0344. The molecule has 0 aliphatic heterocycles. The molecule has 0 saturated heterocycles. The van der Waals surface area contributed by atoms with Crippen molar-refractivity contribution in [3.63, 3.8) is 0 Å². The number of likely N-dealkylation sites (N-methyl/N-ethyl adjacent to an activating group) is 1. The predicted molar refractivity (Wildman–Crippen MR) is 60.6 cm³/mol. The molecule has 0 heterocycles. The van der Waals surface area contributed by atoms with Crippen LogP contribution in [0.2, 0.25) is 0 Å². The molecule has 0 fully saturated rings. The SMILES string of the molecule is COC(=O)NC(C(=O)N(C)C(C)N)C(C)C. The van der Waals surface area contributed by atoms with Gasteiger partial charge in [0.05, 0.1) is 13.3 Å². The van der Waals surface area contributed by atoms with Crippen molar-refractivity contribution in [3.05, 3.63) is 0 Å². The normalized spacial score (nSPS) is 14.2. The summed E-state index contributed by atoms with van der Waals surface area (Å²) >= 11 is 0. The quantitative estimate of drug-likeness (QED) is 0.673. The van der Waals surface area contributed by atoms with E-state index in [1.165, 1.54) is 12.0 Å². The molecule has 2 amide bonds. The van der Waals surface area contributed by atoms with E-state index in [-0.39, 0.29) is 11.8 Å². The van der Waals surface area contributed by atoms with Crippen molar-refractivity contribution in [2.24, 2.45) is 11.7 Å². The van der Waals surface area contributed by atoms with Gasteiger partial charge in [-0.1, -0.05) is 13.8 Å². The van der Waals surface area contributed by atoms with Gasteiger partial charge in [0, 0.05) is 7.05 Å². The number of carbonyl (C=O) groups excluding carboxylic acids is 2. The zero-order valence-corrected chi connectivity index (χ0v) is 10.5. The Morgan fingerprint density at radius 3 is 2.12 bits per heavy atom. The Morgan fingerprint density at radius 2 is 1.81 bits per heavy atom. The van der Waals surface area contributed by atoms with E-state index in [9.17, 15) is 9.59 Å². The number of hydrogen-bond donors (Lipinski definition) is 2. The molecule has 2 atom stereocenters. The summed E-state index contributed by atoms with van der Waals surface area (Å²) in [5.74, 6) is -0.261. The number of carbonyl (C=O) groups is 2. The summed E-state index contributed by atoms with van der Waals surface area (Å²) in [7, 11) is 2.85. The average Bonchev–Trinajstić information content (AvgIpc) is 2.22. The van der Waals surface area contributed by atoms with E-state index in [4.69, 9.17) is 5.73 Å². The van der Waals surface area contributed by atoms with Crippen molar-refractivity contribution in [2.45, 2.75) is 33.0 Å². The molecular weight excluding hydrogens is 210 g/mol. The van der Waals surface area contributed by atoms with Gasteiger partial charge in [-0.15, -0.1) is 0 Å². The number of ether oxygens (including phenoxy) is 1. The molecule has 0 aliphatic carbocycles. The minimum Gasteiger partial charge on any atom is -0.453 e. The Labute approximate surface area is 96.1 Å². The molecule has 16 heavy (non-hydrogen) atoms.